The van der Waals surface area contributed by atoms with Crippen molar-refractivity contribution in [1.29, 1.82) is 0 Å². The summed E-state index contributed by atoms with van der Waals surface area (Å²) in [6.45, 7) is 1.48. The van der Waals surface area contributed by atoms with E-state index in [0.717, 1.165) is 25.3 Å². The molecule has 1 aromatic heterocycles. The highest BCUT2D eigenvalue weighted by atomic mass is 19.4. The molecule has 5 nitrogen and oxygen atoms in total. The summed E-state index contributed by atoms with van der Waals surface area (Å²) in [5, 5.41) is 20.4. The van der Waals surface area contributed by atoms with Crippen LogP contribution in [0.2, 0.25) is 0 Å². The van der Waals surface area contributed by atoms with Gasteiger partial charge in [0.15, 0.2) is 0 Å². The van der Waals surface area contributed by atoms with E-state index in [1.165, 1.54) is 6.92 Å². The number of aromatic hydroxyl groups is 1. The molecule has 0 radical (unpaired) electrons. The first-order valence-electron chi connectivity index (χ1n) is 9.46. The summed E-state index contributed by atoms with van der Waals surface area (Å²) in [5.74, 6) is -0.327. The van der Waals surface area contributed by atoms with Gasteiger partial charge in [0, 0.05) is 30.2 Å². The average Bonchev–Trinajstić information content (AvgIpc) is 2.59. The molecule has 0 aliphatic heterocycles. The third-order valence-electron chi connectivity index (χ3n) is 5.93. The van der Waals surface area contributed by atoms with Gasteiger partial charge in [-0.1, -0.05) is 0 Å². The van der Waals surface area contributed by atoms with Gasteiger partial charge < -0.3 is 15.9 Å². The van der Waals surface area contributed by atoms with Crippen molar-refractivity contribution in [2.45, 2.75) is 56.3 Å². The lowest BCUT2D eigenvalue weighted by molar-refractivity contribution is -0.137. The Morgan fingerprint density at radius 3 is 2.52 bits per heavy atom. The van der Waals surface area contributed by atoms with Gasteiger partial charge in [-0.25, -0.2) is 4.98 Å². The topological polar surface area (TPSA) is 91.7 Å². The summed E-state index contributed by atoms with van der Waals surface area (Å²) in [6.07, 6.45) is 1.10. The number of phenolic OH excluding ortho intramolecular Hbond substituents is 1. The maximum absolute atomic E-state index is 12.9. The Morgan fingerprint density at radius 2 is 1.93 bits per heavy atom. The molecule has 2 aromatic rings. The number of rotatable bonds is 3. The highest BCUT2D eigenvalue weighted by Gasteiger charge is 2.56. The molecule has 3 saturated carbocycles. The number of hydrogen-bond acceptors (Lipinski definition) is 5. The maximum Gasteiger partial charge on any atom is 0.416 e. The Morgan fingerprint density at radius 1 is 1.21 bits per heavy atom. The normalized spacial score (nSPS) is 26.5. The monoisotopic (exact) mass is 405 g/mol. The zero-order valence-corrected chi connectivity index (χ0v) is 15.9. The van der Waals surface area contributed by atoms with Gasteiger partial charge in [0.2, 0.25) is 0 Å². The van der Waals surface area contributed by atoms with Gasteiger partial charge in [0.25, 0.3) is 0 Å². The first-order valence-corrected chi connectivity index (χ1v) is 9.46. The van der Waals surface area contributed by atoms with Crippen LogP contribution in [-0.2, 0) is 6.18 Å². The number of nitrogens with zero attached hydrogens (tertiary/aromatic N) is 2. The zero-order chi connectivity index (χ0) is 21.0. The Bertz CT molecular complexity index is 972. The second-order valence-electron chi connectivity index (χ2n) is 8.27. The summed E-state index contributed by atoms with van der Waals surface area (Å²) < 4.78 is 38.8. The molecule has 5 rings (SSSR count). The fourth-order valence-corrected chi connectivity index (χ4v) is 4.64. The van der Waals surface area contributed by atoms with Crippen LogP contribution in [0.25, 0.3) is 11.3 Å². The minimum absolute atomic E-state index is 0.173. The van der Waals surface area contributed by atoms with Crippen molar-refractivity contribution >= 4 is 12.0 Å². The summed E-state index contributed by atoms with van der Waals surface area (Å²) in [4.78, 5) is 8.92. The van der Waals surface area contributed by atoms with Gasteiger partial charge in [-0.2, -0.15) is 13.2 Å². The Kier molecular flexibility index (Phi) is 4.38. The fraction of sp³-hybridized carbons (Fsp3) is 0.429. The molecule has 3 fully saturated rings. The maximum atomic E-state index is 12.9. The van der Waals surface area contributed by atoms with Crippen molar-refractivity contribution in [2.75, 3.05) is 5.73 Å². The lowest BCUT2D eigenvalue weighted by atomic mass is 9.57. The van der Waals surface area contributed by atoms with E-state index < -0.39 is 23.1 Å². The van der Waals surface area contributed by atoms with Crippen LogP contribution in [0.4, 0.5) is 19.0 Å². The van der Waals surface area contributed by atoms with Crippen molar-refractivity contribution in [3.8, 4) is 17.0 Å². The van der Waals surface area contributed by atoms with Crippen molar-refractivity contribution in [2.24, 2.45) is 4.99 Å². The van der Waals surface area contributed by atoms with Crippen molar-refractivity contribution in [3.63, 3.8) is 0 Å². The zero-order valence-electron chi connectivity index (χ0n) is 15.9. The molecule has 1 heterocycles. The standard InChI is InChI=1S/C21H22F3N3O2/c1-12-7-14(21(22,23)24)8-16(28)17(12)15-4-3-13(18(25)27-15)9-26-19-5-2-6-20(29,10-19)11-19/h3-4,7-9,28-29H,2,5-6,10-11H2,1H3,(H2,25,27). The number of nitrogens with two attached hydrogens (primary N) is 1. The van der Waals surface area contributed by atoms with E-state index >= 15 is 0 Å². The van der Waals surface area contributed by atoms with Crippen molar-refractivity contribution < 1.29 is 23.4 Å². The van der Waals surface area contributed by atoms with E-state index in [1.807, 2.05) is 0 Å². The Labute approximate surface area is 166 Å². The molecule has 3 aliphatic carbocycles. The van der Waals surface area contributed by atoms with E-state index in [0.29, 0.717) is 24.5 Å². The van der Waals surface area contributed by atoms with E-state index in [4.69, 9.17) is 5.73 Å². The van der Waals surface area contributed by atoms with Crippen LogP contribution < -0.4 is 5.73 Å². The predicted octanol–water partition coefficient (Wildman–Crippen LogP) is 4.23. The van der Waals surface area contributed by atoms with Crippen molar-refractivity contribution in [3.05, 3.63) is 41.0 Å². The molecule has 29 heavy (non-hydrogen) atoms. The van der Waals surface area contributed by atoms with Gasteiger partial charge in [-0.3, -0.25) is 4.99 Å². The summed E-state index contributed by atoms with van der Waals surface area (Å²) in [5.41, 5.74) is 5.65. The minimum Gasteiger partial charge on any atom is -0.507 e. The van der Waals surface area contributed by atoms with Crippen LogP contribution in [-0.4, -0.2) is 32.6 Å². The number of aryl methyl sites for hydroxylation is 1. The van der Waals surface area contributed by atoms with Crippen LogP contribution in [0.5, 0.6) is 5.75 Å². The van der Waals surface area contributed by atoms with Gasteiger partial charge in [-0.15, -0.1) is 0 Å². The molecule has 2 bridgehead atoms. The number of alkyl halides is 3. The third kappa shape index (κ3) is 3.57. The van der Waals surface area contributed by atoms with E-state index in [-0.39, 0.29) is 28.2 Å². The molecular weight excluding hydrogens is 383 g/mol. The summed E-state index contributed by atoms with van der Waals surface area (Å²) in [6, 6.07) is 4.95. The number of anilines is 1. The highest BCUT2D eigenvalue weighted by molar-refractivity contribution is 5.87. The molecule has 8 heteroatoms. The number of aliphatic imine (C=N–C) groups is 1. The number of phenols is 1. The Hall–Kier alpha value is -2.61. The van der Waals surface area contributed by atoms with Crippen molar-refractivity contribution in [1.82, 2.24) is 4.98 Å². The highest BCUT2D eigenvalue weighted by Crippen LogP contribution is 2.54. The molecule has 154 valence electrons. The lowest BCUT2D eigenvalue weighted by Crippen LogP contribution is -2.59. The smallest absolute Gasteiger partial charge is 0.416 e. The summed E-state index contributed by atoms with van der Waals surface area (Å²) >= 11 is 0. The molecule has 4 N–H and O–H groups in total. The molecule has 3 aliphatic rings. The number of fused-ring (bicyclic) bond motifs is 2. The molecule has 0 atom stereocenters. The lowest BCUT2D eigenvalue weighted by Gasteiger charge is -2.55. The fourth-order valence-electron chi connectivity index (χ4n) is 4.64. The van der Waals surface area contributed by atoms with E-state index in [9.17, 15) is 23.4 Å². The molecule has 1 aromatic carbocycles. The minimum atomic E-state index is -4.54. The second kappa shape index (κ2) is 6.45. The van der Waals surface area contributed by atoms with Crippen LogP contribution in [0.3, 0.4) is 0 Å². The molecular formula is C21H22F3N3O2. The summed E-state index contributed by atoms with van der Waals surface area (Å²) in [7, 11) is 0. The van der Waals surface area contributed by atoms with Gasteiger partial charge in [-0.05, 0) is 56.0 Å². The molecule has 0 unspecified atom stereocenters. The number of nitrogen functional groups attached to an aromatic ring is 1. The SMILES string of the molecule is Cc1cc(C(F)(F)F)cc(O)c1-c1ccc(C=NC23CCCC(O)(C2)C3)c(N)n1. The van der Waals surface area contributed by atoms with Crippen LogP contribution >= 0.6 is 0 Å². The first-order chi connectivity index (χ1) is 13.5. The molecule has 0 spiro atoms. The Balaban J connectivity index is 1.61. The van der Waals surface area contributed by atoms with Gasteiger partial charge in [0.1, 0.15) is 11.6 Å². The average molecular weight is 405 g/mol. The second-order valence-corrected chi connectivity index (χ2v) is 8.27. The predicted molar refractivity (Wildman–Crippen MR) is 104 cm³/mol. The number of benzene rings is 1. The van der Waals surface area contributed by atoms with Gasteiger partial charge in [0.05, 0.1) is 22.4 Å². The number of pyridine rings is 1. The van der Waals surface area contributed by atoms with E-state index in [2.05, 4.69) is 9.98 Å². The molecule has 0 amide bonds. The van der Waals surface area contributed by atoms with Crippen LogP contribution in [0.1, 0.15) is 48.8 Å². The van der Waals surface area contributed by atoms with Crippen LogP contribution in [0.15, 0.2) is 29.3 Å². The van der Waals surface area contributed by atoms with Gasteiger partial charge >= 0.3 is 6.18 Å². The number of aliphatic hydroxyl groups is 1. The number of hydrogen-bond donors (Lipinski definition) is 3. The number of halogens is 3. The third-order valence-corrected chi connectivity index (χ3v) is 5.93. The number of aromatic nitrogens is 1. The van der Waals surface area contributed by atoms with Crippen LogP contribution in [0, 0.1) is 6.92 Å². The van der Waals surface area contributed by atoms with E-state index in [1.54, 1.807) is 18.3 Å². The largest absolute Gasteiger partial charge is 0.507 e. The molecule has 0 saturated heterocycles. The first kappa shape index (κ1) is 19.7. The quantitative estimate of drug-likeness (QED) is 0.667.